The number of aliphatic hydroxyl groups is 1. The number of hydrogen-bond donors (Lipinski definition) is 2. The minimum absolute atomic E-state index is 0.145. The van der Waals surface area contributed by atoms with Crippen LogP contribution in [0.2, 0.25) is 5.02 Å². The van der Waals surface area contributed by atoms with Crippen molar-refractivity contribution in [3.8, 4) is 5.75 Å². The van der Waals surface area contributed by atoms with Crippen LogP contribution in [-0.2, 0) is 9.84 Å². The molecule has 0 spiro atoms. The first-order chi connectivity index (χ1) is 9.97. The summed E-state index contributed by atoms with van der Waals surface area (Å²) in [5.74, 6) is 0.915. The number of ether oxygens (including phenoxy) is 1. The highest BCUT2D eigenvalue weighted by atomic mass is 35.5. The van der Waals surface area contributed by atoms with Gasteiger partial charge in [-0.1, -0.05) is 11.6 Å². The molecule has 1 heterocycles. The molecule has 1 aromatic rings. The third-order valence-electron chi connectivity index (χ3n) is 3.47. The van der Waals surface area contributed by atoms with Crippen molar-refractivity contribution in [3.63, 3.8) is 0 Å². The van der Waals surface area contributed by atoms with Gasteiger partial charge in [0.25, 0.3) is 0 Å². The number of rotatable bonds is 7. The molecule has 2 atom stereocenters. The van der Waals surface area contributed by atoms with Gasteiger partial charge in [-0.3, -0.25) is 0 Å². The van der Waals surface area contributed by atoms with Crippen molar-refractivity contribution in [2.75, 3.05) is 25.4 Å². The van der Waals surface area contributed by atoms with Gasteiger partial charge in [-0.25, -0.2) is 8.42 Å². The van der Waals surface area contributed by atoms with Crippen molar-refractivity contribution in [2.45, 2.75) is 24.2 Å². The van der Waals surface area contributed by atoms with Gasteiger partial charge in [0.15, 0.2) is 9.84 Å². The number of nitrogens with one attached hydrogen (secondary N) is 1. The minimum Gasteiger partial charge on any atom is -0.491 e. The predicted molar refractivity (Wildman–Crippen MR) is 82.6 cm³/mol. The summed E-state index contributed by atoms with van der Waals surface area (Å²) in [6.45, 7) is 0.839. The van der Waals surface area contributed by atoms with E-state index in [0.717, 1.165) is 6.42 Å². The molecule has 118 valence electrons. The van der Waals surface area contributed by atoms with Crippen molar-refractivity contribution < 1.29 is 18.3 Å². The first-order valence-electron chi connectivity index (χ1n) is 6.96. The zero-order valence-electron chi connectivity index (χ0n) is 11.7. The van der Waals surface area contributed by atoms with Gasteiger partial charge in [0.1, 0.15) is 18.5 Å². The van der Waals surface area contributed by atoms with Crippen LogP contribution in [0, 0.1) is 0 Å². The molecule has 2 N–H and O–H groups in total. The molecule has 0 bridgehead atoms. The standard InChI is InChI=1S/C14H20ClNO4S/c15-11-3-5-13(6-4-11)20-10-12(17)8-16-9-14-2-1-7-21(14,18)19/h3-6,12,14,16-17H,1-2,7-10H2. The Morgan fingerprint density at radius 2 is 2.10 bits per heavy atom. The third kappa shape index (κ3) is 5.14. The maximum absolute atomic E-state index is 11.6. The third-order valence-corrected chi connectivity index (χ3v) is 6.00. The van der Waals surface area contributed by atoms with E-state index in [1.165, 1.54) is 0 Å². The second-order valence-electron chi connectivity index (χ2n) is 5.21. The molecule has 0 aromatic heterocycles. The Balaban J connectivity index is 1.66. The molecule has 0 saturated carbocycles. The van der Waals surface area contributed by atoms with Crippen LogP contribution in [0.25, 0.3) is 0 Å². The smallest absolute Gasteiger partial charge is 0.154 e. The summed E-state index contributed by atoms with van der Waals surface area (Å²) >= 11 is 5.76. The first kappa shape index (κ1) is 16.5. The first-order valence-corrected chi connectivity index (χ1v) is 9.05. The Hall–Kier alpha value is -0.820. The molecule has 1 fully saturated rings. The fraction of sp³-hybridized carbons (Fsp3) is 0.571. The van der Waals surface area contributed by atoms with E-state index in [9.17, 15) is 13.5 Å². The maximum Gasteiger partial charge on any atom is 0.154 e. The molecule has 0 radical (unpaired) electrons. The second-order valence-corrected chi connectivity index (χ2v) is 8.05. The summed E-state index contributed by atoms with van der Waals surface area (Å²) in [5.41, 5.74) is 0. The molecule has 1 aliphatic heterocycles. The lowest BCUT2D eigenvalue weighted by atomic mass is 10.2. The Morgan fingerprint density at radius 3 is 2.71 bits per heavy atom. The van der Waals surface area contributed by atoms with Gasteiger partial charge in [0.2, 0.25) is 0 Å². The molecule has 2 rings (SSSR count). The fourth-order valence-corrected chi connectivity index (χ4v) is 4.21. The molecular weight excluding hydrogens is 314 g/mol. The average molecular weight is 334 g/mol. The second kappa shape index (κ2) is 7.45. The number of hydrogen-bond acceptors (Lipinski definition) is 5. The predicted octanol–water partition coefficient (Wildman–Crippen LogP) is 1.25. The molecule has 0 aliphatic carbocycles. The Labute approximate surface area is 130 Å². The van der Waals surface area contributed by atoms with Crippen LogP contribution in [0.4, 0.5) is 0 Å². The number of benzene rings is 1. The summed E-state index contributed by atoms with van der Waals surface area (Å²) in [5, 5.41) is 13.1. The summed E-state index contributed by atoms with van der Waals surface area (Å²) in [7, 11) is -2.93. The van der Waals surface area contributed by atoms with Crippen molar-refractivity contribution in [1.82, 2.24) is 5.32 Å². The summed E-state index contributed by atoms with van der Waals surface area (Å²) in [6, 6.07) is 6.89. The lowest BCUT2D eigenvalue weighted by Gasteiger charge is -2.15. The van der Waals surface area contributed by atoms with Crippen LogP contribution in [0.5, 0.6) is 5.75 Å². The molecule has 1 aromatic carbocycles. The topological polar surface area (TPSA) is 75.6 Å². The van der Waals surface area contributed by atoms with Crippen LogP contribution >= 0.6 is 11.6 Å². The highest BCUT2D eigenvalue weighted by Gasteiger charge is 2.30. The largest absolute Gasteiger partial charge is 0.491 e. The zero-order valence-corrected chi connectivity index (χ0v) is 13.2. The van der Waals surface area contributed by atoms with Gasteiger partial charge >= 0.3 is 0 Å². The maximum atomic E-state index is 11.6. The highest BCUT2D eigenvalue weighted by molar-refractivity contribution is 7.92. The van der Waals surface area contributed by atoms with Gasteiger partial charge in [-0.05, 0) is 37.1 Å². The van der Waals surface area contributed by atoms with E-state index in [4.69, 9.17) is 16.3 Å². The van der Waals surface area contributed by atoms with Gasteiger partial charge < -0.3 is 15.2 Å². The Kier molecular flexibility index (Phi) is 5.87. The summed E-state index contributed by atoms with van der Waals surface area (Å²) < 4.78 is 28.7. The number of sulfone groups is 1. The lowest BCUT2D eigenvalue weighted by Crippen LogP contribution is -2.37. The number of halogens is 1. The molecule has 1 saturated heterocycles. The molecule has 7 heteroatoms. The highest BCUT2D eigenvalue weighted by Crippen LogP contribution is 2.19. The summed E-state index contributed by atoms with van der Waals surface area (Å²) in [4.78, 5) is 0. The normalized spacial score (nSPS) is 22.1. The van der Waals surface area contributed by atoms with E-state index in [2.05, 4.69) is 5.32 Å². The van der Waals surface area contributed by atoms with E-state index >= 15 is 0 Å². The van der Waals surface area contributed by atoms with E-state index < -0.39 is 15.9 Å². The van der Waals surface area contributed by atoms with Gasteiger partial charge in [0, 0.05) is 18.1 Å². The van der Waals surface area contributed by atoms with Crippen LogP contribution in [-0.4, -0.2) is 50.3 Å². The van der Waals surface area contributed by atoms with E-state index in [-0.39, 0.29) is 17.6 Å². The molecule has 21 heavy (non-hydrogen) atoms. The Bertz CT molecular complexity index is 547. The van der Waals surface area contributed by atoms with E-state index in [1.807, 2.05) is 0 Å². The Morgan fingerprint density at radius 1 is 1.38 bits per heavy atom. The molecular formula is C14H20ClNO4S. The summed E-state index contributed by atoms with van der Waals surface area (Å²) in [6.07, 6.45) is 0.744. The monoisotopic (exact) mass is 333 g/mol. The zero-order chi connectivity index (χ0) is 15.3. The van der Waals surface area contributed by atoms with Crippen LogP contribution in [0.1, 0.15) is 12.8 Å². The quantitative estimate of drug-likeness (QED) is 0.785. The van der Waals surface area contributed by atoms with Gasteiger partial charge in [-0.15, -0.1) is 0 Å². The van der Waals surface area contributed by atoms with Crippen LogP contribution < -0.4 is 10.1 Å². The van der Waals surface area contributed by atoms with Crippen molar-refractivity contribution >= 4 is 21.4 Å². The SMILES string of the molecule is O=S1(=O)CCCC1CNCC(O)COc1ccc(Cl)cc1. The molecule has 2 unspecified atom stereocenters. The van der Waals surface area contributed by atoms with Gasteiger partial charge in [0.05, 0.1) is 11.0 Å². The van der Waals surface area contributed by atoms with Crippen molar-refractivity contribution in [1.29, 1.82) is 0 Å². The molecule has 0 amide bonds. The average Bonchev–Trinajstić information content (AvgIpc) is 2.77. The molecule has 1 aliphatic rings. The van der Waals surface area contributed by atoms with Crippen LogP contribution in [0.15, 0.2) is 24.3 Å². The van der Waals surface area contributed by atoms with Crippen molar-refractivity contribution in [3.05, 3.63) is 29.3 Å². The van der Waals surface area contributed by atoms with Gasteiger partial charge in [-0.2, -0.15) is 0 Å². The lowest BCUT2D eigenvalue weighted by molar-refractivity contribution is 0.106. The van der Waals surface area contributed by atoms with E-state index in [0.29, 0.717) is 30.3 Å². The minimum atomic E-state index is -2.93. The number of aliphatic hydroxyl groups excluding tert-OH is 1. The van der Waals surface area contributed by atoms with Crippen molar-refractivity contribution in [2.24, 2.45) is 0 Å². The molecule has 5 nitrogen and oxygen atoms in total. The fourth-order valence-electron chi connectivity index (χ4n) is 2.28. The van der Waals surface area contributed by atoms with Crippen LogP contribution in [0.3, 0.4) is 0 Å². The van der Waals surface area contributed by atoms with E-state index in [1.54, 1.807) is 24.3 Å².